The lowest BCUT2D eigenvalue weighted by atomic mass is 10.0. The molecule has 2 nitrogen and oxygen atoms in total. The molecular formula is C16H16F3NO. The van der Waals surface area contributed by atoms with Gasteiger partial charge in [0.15, 0.2) is 6.61 Å². The summed E-state index contributed by atoms with van der Waals surface area (Å²) in [7, 11) is 0. The Morgan fingerprint density at radius 1 is 0.952 bits per heavy atom. The molecule has 0 aliphatic heterocycles. The monoisotopic (exact) mass is 295 g/mol. The predicted octanol–water partition coefficient (Wildman–Crippen LogP) is 3.80. The molecule has 0 fully saturated rings. The van der Waals surface area contributed by atoms with Crippen LogP contribution in [0.2, 0.25) is 0 Å². The first kappa shape index (κ1) is 15.4. The van der Waals surface area contributed by atoms with Gasteiger partial charge in [-0.1, -0.05) is 36.4 Å². The van der Waals surface area contributed by atoms with Crippen LogP contribution in [0.3, 0.4) is 0 Å². The summed E-state index contributed by atoms with van der Waals surface area (Å²) in [6.45, 7) is -0.702. The highest BCUT2D eigenvalue weighted by molar-refractivity contribution is 5.64. The minimum absolute atomic E-state index is 0.203. The van der Waals surface area contributed by atoms with Crippen molar-refractivity contribution in [1.82, 2.24) is 0 Å². The van der Waals surface area contributed by atoms with Crippen LogP contribution in [0.4, 0.5) is 13.2 Å². The Morgan fingerprint density at radius 3 is 2.29 bits per heavy atom. The van der Waals surface area contributed by atoms with Crippen LogP contribution in [0.5, 0.6) is 5.75 Å². The third-order valence-corrected chi connectivity index (χ3v) is 2.95. The van der Waals surface area contributed by atoms with Gasteiger partial charge in [-0.25, -0.2) is 0 Å². The van der Waals surface area contributed by atoms with E-state index in [9.17, 15) is 13.2 Å². The van der Waals surface area contributed by atoms with Crippen molar-refractivity contribution in [3.05, 3.63) is 54.1 Å². The van der Waals surface area contributed by atoms with E-state index in [4.69, 9.17) is 5.73 Å². The third-order valence-electron chi connectivity index (χ3n) is 2.95. The molecule has 0 saturated carbocycles. The molecule has 21 heavy (non-hydrogen) atoms. The zero-order chi connectivity index (χ0) is 15.3. The number of hydrogen-bond acceptors (Lipinski definition) is 2. The summed E-state index contributed by atoms with van der Waals surface area (Å²) < 4.78 is 40.9. The molecule has 0 aliphatic rings. The Hall–Kier alpha value is -2.01. The Labute approximate surface area is 121 Å². The fourth-order valence-electron chi connectivity index (χ4n) is 1.98. The average Bonchev–Trinajstić information content (AvgIpc) is 2.46. The smallest absolute Gasteiger partial charge is 0.422 e. The molecule has 0 radical (unpaired) electrons. The highest BCUT2D eigenvalue weighted by Crippen LogP contribution is 2.24. The molecule has 2 aromatic carbocycles. The SMILES string of the molecule is NCCc1cccc(-c2ccc(OCC(F)(F)F)cc2)c1. The van der Waals surface area contributed by atoms with Gasteiger partial charge in [-0.15, -0.1) is 0 Å². The summed E-state index contributed by atoms with van der Waals surface area (Å²) >= 11 is 0. The molecule has 0 atom stereocenters. The normalized spacial score (nSPS) is 11.4. The van der Waals surface area contributed by atoms with Crippen molar-refractivity contribution in [2.75, 3.05) is 13.2 Å². The highest BCUT2D eigenvalue weighted by Gasteiger charge is 2.28. The van der Waals surface area contributed by atoms with Crippen molar-refractivity contribution in [3.63, 3.8) is 0 Å². The van der Waals surface area contributed by atoms with Crippen molar-refractivity contribution in [2.45, 2.75) is 12.6 Å². The second-order valence-corrected chi connectivity index (χ2v) is 4.67. The van der Waals surface area contributed by atoms with E-state index in [-0.39, 0.29) is 5.75 Å². The lowest BCUT2D eigenvalue weighted by Gasteiger charge is -2.10. The van der Waals surface area contributed by atoms with Crippen molar-refractivity contribution >= 4 is 0 Å². The van der Waals surface area contributed by atoms with Crippen LogP contribution >= 0.6 is 0 Å². The summed E-state index contributed by atoms with van der Waals surface area (Å²) in [4.78, 5) is 0. The van der Waals surface area contributed by atoms with Gasteiger partial charge in [-0.05, 0) is 41.8 Å². The number of halogens is 3. The molecule has 2 rings (SSSR count). The minimum atomic E-state index is -4.32. The maximum absolute atomic E-state index is 12.1. The summed E-state index contributed by atoms with van der Waals surface area (Å²) in [6, 6.07) is 14.5. The van der Waals surface area contributed by atoms with Crippen LogP contribution in [0.25, 0.3) is 11.1 Å². The highest BCUT2D eigenvalue weighted by atomic mass is 19.4. The molecule has 112 valence electrons. The van der Waals surface area contributed by atoms with E-state index in [0.29, 0.717) is 6.54 Å². The van der Waals surface area contributed by atoms with Gasteiger partial charge in [0.2, 0.25) is 0 Å². The Kier molecular flexibility index (Phi) is 4.85. The fourth-order valence-corrected chi connectivity index (χ4v) is 1.98. The summed E-state index contributed by atoms with van der Waals surface area (Å²) in [5, 5.41) is 0. The van der Waals surface area contributed by atoms with Crippen molar-refractivity contribution < 1.29 is 17.9 Å². The lowest BCUT2D eigenvalue weighted by Crippen LogP contribution is -2.19. The number of alkyl halides is 3. The first-order valence-electron chi connectivity index (χ1n) is 6.57. The van der Waals surface area contributed by atoms with E-state index in [1.54, 1.807) is 12.1 Å². The van der Waals surface area contributed by atoms with E-state index in [1.807, 2.05) is 24.3 Å². The van der Waals surface area contributed by atoms with Crippen molar-refractivity contribution in [1.29, 1.82) is 0 Å². The summed E-state index contributed by atoms with van der Waals surface area (Å²) in [5.41, 5.74) is 8.59. The predicted molar refractivity (Wildman–Crippen MR) is 76.2 cm³/mol. The first-order chi connectivity index (χ1) is 9.98. The van der Waals surface area contributed by atoms with Gasteiger partial charge in [-0.3, -0.25) is 0 Å². The van der Waals surface area contributed by atoms with E-state index < -0.39 is 12.8 Å². The van der Waals surface area contributed by atoms with Gasteiger partial charge in [0.25, 0.3) is 0 Å². The number of ether oxygens (including phenoxy) is 1. The van der Waals surface area contributed by atoms with Gasteiger partial charge in [0.1, 0.15) is 5.75 Å². The maximum Gasteiger partial charge on any atom is 0.422 e. The van der Waals surface area contributed by atoms with Gasteiger partial charge in [0.05, 0.1) is 0 Å². The molecule has 0 saturated heterocycles. The Bertz CT molecular complexity index is 579. The Balaban J connectivity index is 2.09. The molecule has 2 N–H and O–H groups in total. The molecular weight excluding hydrogens is 279 g/mol. The van der Waals surface area contributed by atoms with Crippen LogP contribution < -0.4 is 10.5 Å². The average molecular weight is 295 g/mol. The minimum Gasteiger partial charge on any atom is -0.484 e. The van der Waals surface area contributed by atoms with Gasteiger partial charge < -0.3 is 10.5 Å². The number of hydrogen-bond donors (Lipinski definition) is 1. The third kappa shape index (κ3) is 4.79. The van der Waals surface area contributed by atoms with Crippen molar-refractivity contribution in [2.24, 2.45) is 5.73 Å². The van der Waals surface area contributed by atoms with Crippen LogP contribution in [-0.2, 0) is 6.42 Å². The Morgan fingerprint density at radius 2 is 1.67 bits per heavy atom. The second-order valence-electron chi connectivity index (χ2n) is 4.67. The first-order valence-corrected chi connectivity index (χ1v) is 6.57. The molecule has 0 heterocycles. The van der Waals surface area contributed by atoms with Gasteiger partial charge in [-0.2, -0.15) is 13.2 Å². The number of rotatable bonds is 5. The van der Waals surface area contributed by atoms with E-state index in [2.05, 4.69) is 4.74 Å². The van der Waals surface area contributed by atoms with Gasteiger partial charge >= 0.3 is 6.18 Å². The van der Waals surface area contributed by atoms with Gasteiger partial charge in [0, 0.05) is 0 Å². The standard InChI is InChI=1S/C16H16F3NO/c17-16(18,19)11-21-15-6-4-13(5-7-15)14-3-1-2-12(10-14)8-9-20/h1-7,10H,8-9,11,20H2. The molecule has 5 heteroatoms. The second kappa shape index (κ2) is 6.63. The molecule has 0 amide bonds. The van der Waals surface area contributed by atoms with Crippen molar-refractivity contribution in [3.8, 4) is 16.9 Å². The molecule has 0 aliphatic carbocycles. The van der Waals surface area contributed by atoms with E-state index in [0.717, 1.165) is 23.1 Å². The molecule has 0 unspecified atom stereocenters. The number of nitrogens with two attached hydrogens (primary N) is 1. The largest absolute Gasteiger partial charge is 0.484 e. The molecule has 0 aromatic heterocycles. The number of benzene rings is 2. The molecule has 2 aromatic rings. The lowest BCUT2D eigenvalue weighted by molar-refractivity contribution is -0.153. The summed E-state index contributed by atoms with van der Waals surface area (Å²) in [5.74, 6) is 0.203. The quantitative estimate of drug-likeness (QED) is 0.910. The zero-order valence-electron chi connectivity index (χ0n) is 11.4. The van der Waals surface area contributed by atoms with Crippen LogP contribution in [0.1, 0.15) is 5.56 Å². The topological polar surface area (TPSA) is 35.2 Å². The van der Waals surface area contributed by atoms with E-state index in [1.165, 1.54) is 12.1 Å². The van der Waals surface area contributed by atoms with Crippen LogP contribution in [0, 0.1) is 0 Å². The zero-order valence-corrected chi connectivity index (χ0v) is 11.4. The summed E-state index contributed by atoms with van der Waals surface area (Å²) in [6.07, 6.45) is -3.53. The van der Waals surface area contributed by atoms with Crippen LogP contribution in [-0.4, -0.2) is 19.3 Å². The maximum atomic E-state index is 12.1. The van der Waals surface area contributed by atoms with E-state index >= 15 is 0 Å². The fraction of sp³-hybridized carbons (Fsp3) is 0.250. The van der Waals surface area contributed by atoms with Crippen LogP contribution in [0.15, 0.2) is 48.5 Å². The molecule has 0 spiro atoms. The molecule has 0 bridgehead atoms.